The van der Waals surface area contributed by atoms with Gasteiger partial charge in [0.05, 0.1) is 6.61 Å². The summed E-state index contributed by atoms with van der Waals surface area (Å²) in [6, 6.07) is 6.34. The molecule has 0 saturated carbocycles. The van der Waals surface area contributed by atoms with E-state index < -0.39 is 0 Å². The molecule has 0 aliphatic heterocycles. The second-order valence-electron chi connectivity index (χ2n) is 4.75. The van der Waals surface area contributed by atoms with E-state index in [1.807, 2.05) is 11.8 Å². The molecular formula is C15H24ClNOS. The van der Waals surface area contributed by atoms with Gasteiger partial charge in [0, 0.05) is 35.9 Å². The molecule has 4 heteroatoms. The molecule has 19 heavy (non-hydrogen) atoms. The zero-order valence-corrected chi connectivity index (χ0v) is 13.6. The lowest BCUT2D eigenvalue weighted by atomic mass is 10.2. The van der Waals surface area contributed by atoms with E-state index in [9.17, 15) is 0 Å². The summed E-state index contributed by atoms with van der Waals surface area (Å²) in [7, 11) is 1.71. The van der Waals surface area contributed by atoms with Crippen molar-refractivity contribution < 1.29 is 4.74 Å². The molecule has 1 rings (SSSR count). The SMILES string of the molecule is CCC(C)CSc1ccc(CNCCOC)c(Cl)c1. The Kier molecular flexibility index (Phi) is 8.55. The normalized spacial score (nSPS) is 12.6. The maximum Gasteiger partial charge on any atom is 0.0587 e. The van der Waals surface area contributed by atoms with Crippen molar-refractivity contribution in [1.29, 1.82) is 0 Å². The molecule has 0 spiro atoms. The van der Waals surface area contributed by atoms with Crippen LogP contribution in [-0.4, -0.2) is 26.0 Å². The van der Waals surface area contributed by atoms with Gasteiger partial charge in [0.2, 0.25) is 0 Å². The van der Waals surface area contributed by atoms with Gasteiger partial charge >= 0.3 is 0 Å². The number of methoxy groups -OCH3 is 1. The summed E-state index contributed by atoms with van der Waals surface area (Å²) in [4.78, 5) is 1.26. The van der Waals surface area contributed by atoms with Crippen molar-refractivity contribution >= 4 is 23.4 Å². The van der Waals surface area contributed by atoms with Crippen LogP contribution in [0.15, 0.2) is 23.1 Å². The zero-order valence-electron chi connectivity index (χ0n) is 12.0. The van der Waals surface area contributed by atoms with E-state index in [1.54, 1.807) is 7.11 Å². The lowest BCUT2D eigenvalue weighted by molar-refractivity contribution is 0.199. The van der Waals surface area contributed by atoms with E-state index in [4.69, 9.17) is 16.3 Å². The van der Waals surface area contributed by atoms with E-state index in [0.29, 0.717) is 0 Å². The highest BCUT2D eigenvalue weighted by molar-refractivity contribution is 7.99. The van der Waals surface area contributed by atoms with Crippen molar-refractivity contribution in [3.8, 4) is 0 Å². The first kappa shape index (κ1) is 16.8. The van der Waals surface area contributed by atoms with Gasteiger partial charge in [-0.2, -0.15) is 0 Å². The molecule has 1 aromatic rings. The summed E-state index contributed by atoms with van der Waals surface area (Å²) < 4.78 is 5.00. The highest BCUT2D eigenvalue weighted by Gasteiger charge is 2.04. The highest BCUT2D eigenvalue weighted by atomic mass is 35.5. The average molecular weight is 302 g/mol. The summed E-state index contributed by atoms with van der Waals surface area (Å²) >= 11 is 8.19. The van der Waals surface area contributed by atoms with Gasteiger partial charge in [-0.25, -0.2) is 0 Å². The number of hydrogen-bond donors (Lipinski definition) is 1. The Morgan fingerprint density at radius 2 is 2.21 bits per heavy atom. The Morgan fingerprint density at radius 3 is 2.84 bits per heavy atom. The van der Waals surface area contributed by atoms with Crippen LogP contribution in [0.3, 0.4) is 0 Å². The van der Waals surface area contributed by atoms with Crippen LogP contribution in [0.5, 0.6) is 0 Å². The van der Waals surface area contributed by atoms with Crippen molar-refractivity contribution in [3.63, 3.8) is 0 Å². The molecule has 0 aliphatic carbocycles. The Balaban J connectivity index is 2.45. The monoisotopic (exact) mass is 301 g/mol. The van der Waals surface area contributed by atoms with Gasteiger partial charge in [0.15, 0.2) is 0 Å². The highest BCUT2D eigenvalue weighted by Crippen LogP contribution is 2.27. The maximum atomic E-state index is 6.31. The van der Waals surface area contributed by atoms with Crippen LogP contribution in [0.25, 0.3) is 0 Å². The molecule has 2 nitrogen and oxygen atoms in total. The number of rotatable bonds is 9. The van der Waals surface area contributed by atoms with Gasteiger partial charge in [-0.05, 0) is 23.6 Å². The molecule has 0 aromatic heterocycles. The summed E-state index contributed by atoms with van der Waals surface area (Å²) in [6.45, 7) is 6.87. The Bertz CT molecular complexity index is 373. The van der Waals surface area contributed by atoms with Gasteiger partial charge in [0.25, 0.3) is 0 Å². The number of halogens is 1. The number of thioether (sulfide) groups is 1. The van der Waals surface area contributed by atoms with Crippen LogP contribution in [-0.2, 0) is 11.3 Å². The first-order valence-corrected chi connectivity index (χ1v) is 8.14. The van der Waals surface area contributed by atoms with Crippen LogP contribution in [0, 0.1) is 5.92 Å². The van der Waals surface area contributed by atoms with Crippen LogP contribution in [0.2, 0.25) is 5.02 Å². The quantitative estimate of drug-likeness (QED) is 0.545. The Hall–Kier alpha value is -0.220. The predicted octanol–water partition coefficient (Wildman–Crippen LogP) is 4.21. The van der Waals surface area contributed by atoms with Crippen molar-refractivity contribution in [2.45, 2.75) is 31.7 Å². The molecule has 0 fully saturated rings. The van der Waals surface area contributed by atoms with Crippen molar-refractivity contribution in [2.24, 2.45) is 5.92 Å². The second-order valence-corrected chi connectivity index (χ2v) is 6.25. The number of ether oxygens (including phenoxy) is 1. The van der Waals surface area contributed by atoms with E-state index in [1.165, 1.54) is 11.3 Å². The third-order valence-corrected chi connectivity index (χ3v) is 4.73. The molecule has 1 atom stereocenters. The predicted molar refractivity (Wildman–Crippen MR) is 85.2 cm³/mol. The molecule has 1 aromatic carbocycles. The average Bonchev–Trinajstić information content (AvgIpc) is 2.42. The third kappa shape index (κ3) is 6.66. The minimum Gasteiger partial charge on any atom is -0.383 e. The number of hydrogen-bond acceptors (Lipinski definition) is 3. The fourth-order valence-corrected chi connectivity index (χ4v) is 2.90. The van der Waals surface area contributed by atoms with Gasteiger partial charge in [-0.1, -0.05) is 37.9 Å². The first-order chi connectivity index (χ1) is 9.17. The number of benzene rings is 1. The van der Waals surface area contributed by atoms with E-state index >= 15 is 0 Å². The van der Waals surface area contributed by atoms with Crippen molar-refractivity contribution in [2.75, 3.05) is 26.0 Å². The topological polar surface area (TPSA) is 21.3 Å². The second kappa shape index (κ2) is 9.65. The van der Waals surface area contributed by atoms with E-state index in [2.05, 4.69) is 37.4 Å². The van der Waals surface area contributed by atoms with Gasteiger partial charge < -0.3 is 10.1 Å². The first-order valence-electron chi connectivity index (χ1n) is 6.78. The van der Waals surface area contributed by atoms with Crippen molar-refractivity contribution in [3.05, 3.63) is 28.8 Å². The number of nitrogens with one attached hydrogen (secondary N) is 1. The van der Waals surface area contributed by atoms with Crippen LogP contribution in [0.4, 0.5) is 0 Å². The summed E-state index contributed by atoms with van der Waals surface area (Å²) in [5.41, 5.74) is 1.14. The largest absolute Gasteiger partial charge is 0.383 e. The summed E-state index contributed by atoms with van der Waals surface area (Å²) in [5, 5.41) is 4.15. The Morgan fingerprint density at radius 1 is 1.42 bits per heavy atom. The molecule has 0 saturated heterocycles. The zero-order chi connectivity index (χ0) is 14.1. The fourth-order valence-electron chi connectivity index (χ4n) is 1.51. The molecule has 1 unspecified atom stereocenters. The van der Waals surface area contributed by atoms with Gasteiger partial charge in [0.1, 0.15) is 0 Å². The molecule has 108 valence electrons. The molecule has 0 heterocycles. The minimum atomic E-state index is 0.723. The molecule has 0 amide bonds. The fraction of sp³-hybridized carbons (Fsp3) is 0.600. The Labute approximate surface area is 126 Å². The standard InChI is InChI=1S/C15H24ClNOS/c1-4-12(2)11-19-14-6-5-13(15(16)9-14)10-17-7-8-18-3/h5-6,9,12,17H,4,7-8,10-11H2,1-3H3. The molecule has 0 radical (unpaired) electrons. The molecule has 1 N–H and O–H groups in total. The maximum absolute atomic E-state index is 6.31. The molecule has 0 bridgehead atoms. The van der Waals surface area contributed by atoms with Gasteiger partial charge in [-0.15, -0.1) is 11.8 Å². The van der Waals surface area contributed by atoms with Gasteiger partial charge in [-0.3, -0.25) is 0 Å². The van der Waals surface area contributed by atoms with Crippen LogP contribution >= 0.6 is 23.4 Å². The molecule has 0 aliphatic rings. The molecular weight excluding hydrogens is 278 g/mol. The minimum absolute atomic E-state index is 0.723. The third-order valence-electron chi connectivity index (χ3n) is 3.05. The summed E-state index contributed by atoms with van der Waals surface area (Å²) in [6.07, 6.45) is 1.22. The smallest absolute Gasteiger partial charge is 0.0587 e. The van der Waals surface area contributed by atoms with E-state index in [-0.39, 0.29) is 0 Å². The van der Waals surface area contributed by atoms with Crippen LogP contribution in [0.1, 0.15) is 25.8 Å². The van der Waals surface area contributed by atoms with Crippen molar-refractivity contribution in [1.82, 2.24) is 5.32 Å². The lowest BCUT2D eigenvalue weighted by Crippen LogP contribution is -2.18. The lowest BCUT2D eigenvalue weighted by Gasteiger charge is -2.10. The van der Waals surface area contributed by atoms with E-state index in [0.717, 1.165) is 42.0 Å². The summed E-state index contributed by atoms with van der Waals surface area (Å²) in [5.74, 6) is 1.90. The van der Waals surface area contributed by atoms with Crippen LogP contribution < -0.4 is 5.32 Å².